The Balaban J connectivity index is 2.19. The van der Waals surface area contributed by atoms with Crippen LogP contribution in [0, 0.1) is 6.92 Å². The predicted molar refractivity (Wildman–Crippen MR) is 86.2 cm³/mol. The maximum Gasteiger partial charge on any atom is 0.0449 e. The minimum absolute atomic E-state index is 0.422. The highest BCUT2D eigenvalue weighted by Gasteiger charge is 2.25. The fraction of sp³-hybridized carbons (Fsp3) is 0.571. The van der Waals surface area contributed by atoms with Gasteiger partial charge in [-0.2, -0.15) is 23.5 Å². The van der Waals surface area contributed by atoms with Crippen LogP contribution in [0.1, 0.15) is 24.1 Å². The molecule has 1 N–H and O–H groups in total. The molecular weight excluding hydrogens is 282 g/mol. The Morgan fingerprint density at radius 2 is 2.28 bits per heavy atom. The number of hydrogen-bond donors (Lipinski definition) is 1. The average Bonchev–Trinajstić information content (AvgIpc) is 2.40. The molecule has 0 aliphatic carbocycles. The van der Waals surface area contributed by atoms with E-state index in [1.54, 1.807) is 0 Å². The summed E-state index contributed by atoms with van der Waals surface area (Å²) < 4.78 is 0. The quantitative estimate of drug-likeness (QED) is 0.897. The van der Waals surface area contributed by atoms with Gasteiger partial charge in [0.15, 0.2) is 0 Å². The second-order valence-electron chi connectivity index (χ2n) is 4.53. The molecule has 2 atom stereocenters. The molecule has 1 aliphatic heterocycles. The Hall–Kier alpha value is 0.170. The second-order valence-corrected chi connectivity index (χ2v) is 7.43. The maximum atomic E-state index is 6.26. The summed E-state index contributed by atoms with van der Waals surface area (Å²) >= 11 is 10.4. The fourth-order valence-electron chi connectivity index (χ4n) is 2.18. The van der Waals surface area contributed by atoms with Crippen molar-refractivity contribution in [1.29, 1.82) is 0 Å². The van der Waals surface area contributed by atoms with Crippen LogP contribution in [0.25, 0.3) is 0 Å². The predicted octanol–water partition coefficient (Wildman–Crippen LogP) is 4.15. The van der Waals surface area contributed by atoms with Crippen LogP contribution in [0.2, 0.25) is 5.02 Å². The van der Waals surface area contributed by atoms with E-state index in [4.69, 9.17) is 11.6 Å². The molecule has 100 valence electrons. The van der Waals surface area contributed by atoms with E-state index < -0.39 is 0 Å². The van der Waals surface area contributed by atoms with Crippen LogP contribution in [0.4, 0.5) is 0 Å². The van der Waals surface area contributed by atoms with E-state index in [1.807, 2.05) is 0 Å². The summed E-state index contributed by atoms with van der Waals surface area (Å²) in [4.78, 5) is 0. The lowest BCUT2D eigenvalue weighted by Gasteiger charge is -2.30. The number of aryl methyl sites for hydroxylation is 1. The van der Waals surface area contributed by atoms with Gasteiger partial charge in [-0.05, 0) is 30.7 Å². The van der Waals surface area contributed by atoms with Crippen molar-refractivity contribution in [2.75, 3.05) is 23.8 Å². The number of thioether (sulfide) groups is 2. The van der Waals surface area contributed by atoms with E-state index in [9.17, 15) is 0 Å². The third-order valence-electron chi connectivity index (χ3n) is 3.19. The molecule has 2 rings (SSSR count). The molecule has 18 heavy (non-hydrogen) atoms. The van der Waals surface area contributed by atoms with E-state index in [2.05, 4.69) is 60.9 Å². The lowest BCUT2D eigenvalue weighted by molar-refractivity contribution is 0.550. The standard InChI is InChI=1S/C14H20ClNS2/c1-3-16-14(13-9-17-6-7-18-13)11-5-4-10(2)12(15)8-11/h4-5,8,13-14,16H,3,6-7,9H2,1-2H3. The first-order valence-electron chi connectivity index (χ1n) is 6.41. The highest BCUT2D eigenvalue weighted by atomic mass is 35.5. The largest absolute Gasteiger partial charge is 0.309 e. The van der Waals surface area contributed by atoms with E-state index >= 15 is 0 Å². The molecule has 0 spiro atoms. The molecular formula is C14H20ClNS2. The van der Waals surface area contributed by atoms with Crippen molar-refractivity contribution in [2.24, 2.45) is 0 Å². The van der Waals surface area contributed by atoms with Gasteiger partial charge in [0.1, 0.15) is 0 Å². The molecule has 0 amide bonds. The Morgan fingerprint density at radius 3 is 2.89 bits per heavy atom. The number of benzene rings is 1. The van der Waals surface area contributed by atoms with Crippen LogP contribution in [0.3, 0.4) is 0 Å². The van der Waals surface area contributed by atoms with Crippen molar-refractivity contribution < 1.29 is 0 Å². The topological polar surface area (TPSA) is 12.0 Å². The molecule has 1 saturated heterocycles. The zero-order chi connectivity index (χ0) is 13.0. The van der Waals surface area contributed by atoms with Crippen LogP contribution in [-0.2, 0) is 0 Å². The summed E-state index contributed by atoms with van der Waals surface area (Å²) in [5.41, 5.74) is 2.48. The van der Waals surface area contributed by atoms with E-state index in [-0.39, 0.29) is 0 Å². The number of halogens is 1. The zero-order valence-corrected chi connectivity index (χ0v) is 13.3. The SMILES string of the molecule is CCNC(c1ccc(C)c(Cl)c1)C1CSCCS1. The monoisotopic (exact) mass is 301 g/mol. The number of hydrogen-bond acceptors (Lipinski definition) is 3. The molecule has 1 aromatic rings. The molecule has 0 aromatic heterocycles. The normalized spacial score (nSPS) is 21.8. The van der Waals surface area contributed by atoms with Crippen molar-refractivity contribution in [2.45, 2.75) is 25.1 Å². The Kier molecular flexibility index (Phi) is 5.74. The summed E-state index contributed by atoms with van der Waals surface area (Å²) in [6.07, 6.45) is 0. The van der Waals surface area contributed by atoms with Gasteiger partial charge in [-0.1, -0.05) is 30.7 Å². The van der Waals surface area contributed by atoms with E-state index in [1.165, 1.54) is 22.8 Å². The average molecular weight is 302 g/mol. The van der Waals surface area contributed by atoms with Gasteiger partial charge in [-0.15, -0.1) is 0 Å². The molecule has 0 bridgehead atoms. The van der Waals surface area contributed by atoms with Crippen LogP contribution < -0.4 is 5.32 Å². The molecule has 1 fully saturated rings. The van der Waals surface area contributed by atoms with Gasteiger partial charge in [0.05, 0.1) is 0 Å². The molecule has 1 aromatic carbocycles. The molecule has 0 saturated carbocycles. The van der Waals surface area contributed by atoms with Gasteiger partial charge in [-0.3, -0.25) is 0 Å². The van der Waals surface area contributed by atoms with Crippen molar-refractivity contribution >= 4 is 35.1 Å². The summed E-state index contributed by atoms with van der Waals surface area (Å²) in [6.45, 7) is 5.22. The first-order chi connectivity index (χ1) is 8.72. The summed E-state index contributed by atoms with van der Waals surface area (Å²) in [5, 5.41) is 5.16. The first kappa shape index (κ1) is 14.6. The maximum absolute atomic E-state index is 6.26. The van der Waals surface area contributed by atoms with Gasteiger partial charge >= 0.3 is 0 Å². The van der Waals surface area contributed by atoms with Gasteiger partial charge in [0.25, 0.3) is 0 Å². The number of rotatable bonds is 4. The highest BCUT2D eigenvalue weighted by molar-refractivity contribution is 8.06. The molecule has 4 heteroatoms. The second kappa shape index (κ2) is 7.09. The number of nitrogens with one attached hydrogen (secondary N) is 1. The summed E-state index contributed by atoms with van der Waals surface area (Å²) in [6, 6.07) is 6.90. The lowest BCUT2D eigenvalue weighted by atomic mass is 10.0. The summed E-state index contributed by atoms with van der Waals surface area (Å²) in [7, 11) is 0. The third-order valence-corrected chi connectivity index (χ3v) is 6.46. The van der Waals surface area contributed by atoms with Crippen molar-refractivity contribution in [3.8, 4) is 0 Å². The molecule has 0 radical (unpaired) electrons. The van der Waals surface area contributed by atoms with Crippen molar-refractivity contribution in [3.63, 3.8) is 0 Å². The third kappa shape index (κ3) is 3.60. The Labute approximate surface area is 123 Å². The smallest absolute Gasteiger partial charge is 0.0449 e. The Morgan fingerprint density at radius 1 is 1.44 bits per heavy atom. The molecule has 2 unspecified atom stereocenters. The van der Waals surface area contributed by atoms with Gasteiger partial charge in [0.2, 0.25) is 0 Å². The van der Waals surface area contributed by atoms with Crippen LogP contribution in [0.15, 0.2) is 18.2 Å². The fourth-order valence-corrected chi connectivity index (χ4v) is 5.24. The van der Waals surface area contributed by atoms with Gasteiger partial charge in [0, 0.05) is 33.6 Å². The molecule has 1 heterocycles. The molecule has 1 nitrogen and oxygen atoms in total. The van der Waals surface area contributed by atoms with Crippen LogP contribution in [0.5, 0.6) is 0 Å². The first-order valence-corrected chi connectivity index (χ1v) is 8.99. The highest BCUT2D eigenvalue weighted by Crippen LogP contribution is 2.34. The summed E-state index contributed by atoms with van der Waals surface area (Å²) in [5.74, 6) is 3.78. The van der Waals surface area contributed by atoms with Crippen molar-refractivity contribution in [3.05, 3.63) is 34.3 Å². The zero-order valence-electron chi connectivity index (χ0n) is 10.9. The van der Waals surface area contributed by atoms with E-state index in [0.29, 0.717) is 11.3 Å². The van der Waals surface area contributed by atoms with Crippen molar-refractivity contribution in [1.82, 2.24) is 5.32 Å². The molecule has 1 aliphatic rings. The van der Waals surface area contributed by atoms with Crippen LogP contribution in [-0.4, -0.2) is 29.1 Å². The minimum atomic E-state index is 0.422. The van der Waals surface area contributed by atoms with Gasteiger partial charge < -0.3 is 5.32 Å². The minimum Gasteiger partial charge on any atom is -0.309 e. The Bertz CT molecular complexity index is 391. The van der Waals surface area contributed by atoms with Crippen LogP contribution >= 0.6 is 35.1 Å². The van der Waals surface area contributed by atoms with E-state index in [0.717, 1.165) is 17.1 Å². The van der Waals surface area contributed by atoms with Gasteiger partial charge in [-0.25, -0.2) is 0 Å². The lowest BCUT2D eigenvalue weighted by Crippen LogP contribution is -2.33.